The number of nitrogens with one attached hydrogen (secondary N) is 2. The monoisotopic (exact) mass is 617 g/mol. The summed E-state index contributed by atoms with van der Waals surface area (Å²) in [7, 11) is 1.54. The summed E-state index contributed by atoms with van der Waals surface area (Å²) < 4.78 is 28.0. The molecule has 0 radical (unpaired) electrons. The number of rotatable bonds is 7. The van der Waals surface area contributed by atoms with E-state index in [2.05, 4.69) is 10.6 Å². The molecule has 4 rings (SSSR count). The first kappa shape index (κ1) is 26.6. The minimum Gasteiger partial charge on any atom is -0.421 e. The number of amides is 1. The maximum atomic E-state index is 14.8. The van der Waals surface area contributed by atoms with Gasteiger partial charge in [-0.25, -0.2) is 9.18 Å². The van der Waals surface area contributed by atoms with E-state index in [4.69, 9.17) is 9.15 Å². The number of halogens is 2. The third kappa shape index (κ3) is 5.30. The number of ether oxygens (including phenoxy) is 1. The summed E-state index contributed by atoms with van der Waals surface area (Å²) >= 11 is 2.00. The molecule has 0 saturated heterocycles. The van der Waals surface area contributed by atoms with E-state index in [9.17, 15) is 18.8 Å². The van der Waals surface area contributed by atoms with E-state index in [-0.39, 0.29) is 47.0 Å². The molecule has 0 atom stereocenters. The number of methoxy groups -OCH3 is 1. The molecule has 0 unspecified atom stereocenters. The molecule has 2 heterocycles. The van der Waals surface area contributed by atoms with E-state index in [1.807, 2.05) is 22.6 Å². The highest BCUT2D eigenvalue weighted by molar-refractivity contribution is 14.1. The Bertz CT molecular complexity index is 1640. The van der Waals surface area contributed by atoms with Crippen molar-refractivity contribution in [3.05, 3.63) is 83.9 Å². The van der Waals surface area contributed by atoms with Crippen LogP contribution in [0.3, 0.4) is 0 Å². The molecule has 2 aromatic heterocycles. The fourth-order valence-corrected chi connectivity index (χ4v) is 4.67. The van der Waals surface area contributed by atoms with Gasteiger partial charge in [-0.2, -0.15) is 0 Å². The number of hydrogen-bond acceptors (Lipinski definition) is 6. The van der Waals surface area contributed by atoms with Gasteiger partial charge in [0.05, 0.1) is 23.5 Å². The van der Waals surface area contributed by atoms with E-state index in [0.717, 1.165) is 0 Å². The Morgan fingerprint density at radius 3 is 2.59 bits per heavy atom. The summed E-state index contributed by atoms with van der Waals surface area (Å²) in [6.45, 7) is 5.19. The van der Waals surface area contributed by atoms with Crippen LogP contribution in [0.4, 0.5) is 21.5 Å². The zero-order valence-electron chi connectivity index (χ0n) is 20.7. The Labute approximate surface area is 225 Å². The number of hydrogen-bond donors (Lipinski definition) is 2. The molecule has 0 aliphatic rings. The first-order chi connectivity index (χ1) is 17.6. The number of anilines is 3. The molecule has 0 spiro atoms. The fourth-order valence-electron chi connectivity index (χ4n) is 4.22. The second-order valence-electron chi connectivity index (χ2n) is 8.51. The number of carbonyl (C=O) groups excluding carboxylic acids is 1. The molecule has 0 saturated carbocycles. The Hall–Kier alpha value is -3.51. The fraction of sp³-hybridized carbons (Fsp3) is 0.222. The van der Waals surface area contributed by atoms with E-state index >= 15 is 0 Å². The Morgan fingerprint density at radius 2 is 1.92 bits per heavy atom. The average Bonchev–Trinajstić information content (AvgIpc) is 2.83. The summed E-state index contributed by atoms with van der Waals surface area (Å²) in [6.07, 6.45) is 0. The molecule has 2 aromatic carbocycles. The van der Waals surface area contributed by atoms with Crippen molar-refractivity contribution in [1.29, 1.82) is 0 Å². The average molecular weight is 617 g/mol. The Morgan fingerprint density at radius 1 is 1.16 bits per heavy atom. The van der Waals surface area contributed by atoms with Crippen LogP contribution in [0.2, 0.25) is 0 Å². The SMILES string of the molecule is COCCn1c(C)c(-c2cccc(NC(C)=O)c2)c2oc(=O)c(C)c(Nc3ccc(I)cc3F)c2c1=O. The lowest BCUT2D eigenvalue weighted by atomic mass is 9.99. The van der Waals surface area contributed by atoms with Gasteiger partial charge in [0.15, 0.2) is 5.58 Å². The molecule has 0 bridgehead atoms. The smallest absolute Gasteiger partial charge is 0.341 e. The zero-order valence-corrected chi connectivity index (χ0v) is 22.9. The van der Waals surface area contributed by atoms with Crippen molar-refractivity contribution in [2.24, 2.45) is 0 Å². The summed E-state index contributed by atoms with van der Waals surface area (Å²) in [5, 5.41) is 5.82. The van der Waals surface area contributed by atoms with Gasteiger partial charge in [-0.15, -0.1) is 0 Å². The van der Waals surface area contributed by atoms with E-state index in [1.165, 1.54) is 27.0 Å². The van der Waals surface area contributed by atoms with Gasteiger partial charge in [0.2, 0.25) is 5.91 Å². The van der Waals surface area contributed by atoms with Gasteiger partial charge in [-0.1, -0.05) is 12.1 Å². The summed E-state index contributed by atoms with van der Waals surface area (Å²) in [5.74, 6) is -0.764. The highest BCUT2D eigenvalue weighted by Crippen LogP contribution is 2.36. The Kier molecular flexibility index (Phi) is 7.79. The molecule has 192 valence electrons. The first-order valence-electron chi connectivity index (χ1n) is 11.4. The van der Waals surface area contributed by atoms with Gasteiger partial charge < -0.3 is 24.4 Å². The molecule has 37 heavy (non-hydrogen) atoms. The lowest BCUT2D eigenvalue weighted by Gasteiger charge is -2.20. The molecule has 0 aliphatic heterocycles. The van der Waals surface area contributed by atoms with Crippen molar-refractivity contribution in [2.75, 3.05) is 24.4 Å². The normalized spacial score (nSPS) is 11.1. The van der Waals surface area contributed by atoms with Crippen LogP contribution < -0.4 is 21.8 Å². The number of aromatic nitrogens is 1. The van der Waals surface area contributed by atoms with Crippen LogP contribution in [0.15, 0.2) is 56.5 Å². The molecule has 8 nitrogen and oxygen atoms in total. The maximum Gasteiger partial charge on any atom is 0.341 e. The first-order valence-corrected chi connectivity index (χ1v) is 12.5. The third-order valence-electron chi connectivity index (χ3n) is 5.99. The van der Waals surface area contributed by atoms with Gasteiger partial charge in [-0.05, 0) is 72.3 Å². The quantitative estimate of drug-likeness (QED) is 0.272. The molecule has 4 aromatic rings. The van der Waals surface area contributed by atoms with Gasteiger partial charge in [-0.3, -0.25) is 9.59 Å². The van der Waals surface area contributed by atoms with Crippen molar-refractivity contribution in [3.63, 3.8) is 0 Å². The van der Waals surface area contributed by atoms with Gasteiger partial charge in [0.1, 0.15) is 11.2 Å². The number of fused-ring (bicyclic) bond motifs is 1. The predicted molar refractivity (Wildman–Crippen MR) is 150 cm³/mol. The predicted octanol–water partition coefficient (Wildman–Crippen LogP) is 5.33. The Balaban J connectivity index is 2.09. The van der Waals surface area contributed by atoms with Crippen LogP contribution in [0.1, 0.15) is 18.2 Å². The second kappa shape index (κ2) is 10.9. The van der Waals surface area contributed by atoms with Crippen molar-refractivity contribution >= 4 is 56.5 Å². The maximum absolute atomic E-state index is 14.8. The topological polar surface area (TPSA) is 103 Å². The van der Waals surface area contributed by atoms with Crippen molar-refractivity contribution in [2.45, 2.75) is 27.3 Å². The summed E-state index contributed by atoms with van der Waals surface area (Å²) in [4.78, 5) is 38.4. The van der Waals surface area contributed by atoms with Crippen LogP contribution in [0, 0.1) is 23.2 Å². The molecule has 0 aliphatic carbocycles. The van der Waals surface area contributed by atoms with Crippen LogP contribution in [-0.2, 0) is 16.1 Å². The van der Waals surface area contributed by atoms with E-state index in [0.29, 0.717) is 26.1 Å². The molecule has 1 amide bonds. The van der Waals surface area contributed by atoms with Gasteiger partial charge in [0.25, 0.3) is 5.56 Å². The van der Waals surface area contributed by atoms with Crippen molar-refractivity contribution in [1.82, 2.24) is 4.57 Å². The van der Waals surface area contributed by atoms with Crippen LogP contribution in [0.5, 0.6) is 0 Å². The molecule has 10 heteroatoms. The highest BCUT2D eigenvalue weighted by Gasteiger charge is 2.24. The number of pyridine rings is 1. The lowest BCUT2D eigenvalue weighted by Crippen LogP contribution is -2.27. The third-order valence-corrected chi connectivity index (χ3v) is 6.66. The van der Waals surface area contributed by atoms with Crippen LogP contribution in [-0.4, -0.2) is 24.2 Å². The molecular formula is C27H25FIN3O5. The summed E-state index contributed by atoms with van der Waals surface area (Å²) in [5.41, 5.74) is 1.64. The molecular weight excluding hydrogens is 592 g/mol. The second-order valence-corrected chi connectivity index (χ2v) is 9.76. The lowest BCUT2D eigenvalue weighted by molar-refractivity contribution is -0.114. The molecule has 2 N–H and O–H groups in total. The summed E-state index contributed by atoms with van der Waals surface area (Å²) in [6, 6.07) is 11.6. The minimum atomic E-state index is -0.659. The molecule has 0 fully saturated rings. The van der Waals surface area contributed by atoms with Crippen LogP contribution in [0.25, 0.3) is 22.1 Å². The van der Waals surface area contributed by atoms with E-state index < -0.39 is 17.0 Å². The zero-order chi connectivity index (χ0) is 26.9. The van der Waals surface area contributed by atoms with Crippen LogP contribution >= 0.6 is 22.6 Å². The highest BCUT2D eigenvalue weighted by atomic mass is 127. The minimum absolute atomic E-state index is 0.0696. The number of carbonyl (C=O) groups is 1. The van der Waals surface area contributed by atoms with Crippen molar-refractivity contribution in [3.8, 4) is 11.1 Å². The van der Waals surface area contributed by atoms with Gasteiger partial charge >= 0.3 is 5.63 Å². The van der Waals surface area contributed by atoms with Gasteiger partial charge in [0, 0.05) is 41.1 Å². The number of benzene rings is 2. The van der Waals surface area contributed by atoms with Crippen molar-refractivity contribution < 1.29 is 18.3 Å². The largest absolute Gasteiger partial charge is 0.421 e. The number of nitrogens with zero attached hydrogens (tertiary/aromatic N) is 1. The van der Waals surface area contributed by atoms with E-state index in [1.54, 1.807) is 47.9 Å². The standard InChI is InChI=1S/C27H25FIN3O5/c1-14-24(31-21-9-8-18(29)13-20(21)28)23-25(37-27(14)35)22(15(2)32(26(23)34)10-11-36-4)17-6-5-7-19(12-17)30-16(3)33/h5-9,12-13,31H,10-11H2,1-4H3,(H,30,33).